The summed E-state index contributed by atoms with van der Waals surface area (Å²) >= 11 is 6.06. The Morgan fingerprint density at radius 1 is 1.28 bits per heavy atom. The summed E-state index contributed by atoms with van der Waals surface area (Å²) < 4.78 is 11.0. The van der Waals surface area contributed by atoms with Crippen LogP contribution in [0.2, 0.25) is 5.02 Å². The van der Waals surface area contributed by atoms with E-state index in [1.54, 1.807) is 6.26 Å². The van der Waals surface area contributed by atoms with Crippen LogP contribution in [0.5, 0.6) is 5.75 Å². The molecule has 0 bridgehead atoms. The van der Waals surface area contributed by atoms with Gasteiger partial charge in [0, 0.05) is 10.6 Å². The summed E-state index contributed by atoms with van der Waals surface area (Å²) in [4.78, 5) is 0. The predicted molar refractivity (Wildman–Crippen MR) is 71.8 cm³/mol. The predicted octanol–water partition coefficient (Wildman–Crippen LogP) is 3.53. The third-order valence-electron chi connectivity index (χ3n) is 2.82. The average molecular weight is 266 g/mol. The van der Waals surface area contributed by atoms with Gasteiger partial charge < -0.3 is 14.9 Å². The van der Waals surface area contributed by atoms with Crippen LogP contribution in [0.1, 0.15) is 23.8 Å². The Labute approximate surface area is 111 Å². The van der Waals surface area contributed by atoms with Crippen molar-refractivity contribution in [2.45, 2.75) is 26.5 Å². The van der Waals surface area contributed by atoms with E-state index in [1.165, 1.54) is 0 Å². The summed E-state index contributed by atoms with van der Waals surface area (Å²) in [5.41, 5.74) is 7.62. The van der Waals surface area contributed by atoms with Gasteiger partial charge in [0.05, 0.1) is 12.8 Å². The maximum Gasteiger partial charge on any atom is 0.123 e. The van der Waals surface area contributed by atoms with Crippen LogP contribution >= 0.6 is 11.6 Å². The Kier molecular flexibility index (Phi) is 4.28. The van der Waals surface area contributed by atoms with E-state index in [1.807, 2.05) is 24.3 Å². The Morgan fingerprint density at radius 2 is 2.11 bits per heavy atom. The molecule has 0 fully saturated rings. The molecule has 0 saturated heterocycles. The minimum atomic E-state index is 0.381. The van der Waals surface area contributed by atoms with E-state index in [-0.39, 0.29) is 0 Å². The van der Waals surface area contributed by atoms with E-state index in [9.17, 15) is 0 Å². The topological polar surface area (TPSA) is 48.4 Å². The van der Waals surface area contributed by atoms with Crippen molar-refractivity contribution in [1.29, 1.82) is 0 Å². The van der Waals surface area contributed by atoms with Crippen molar-refractivity contribution in [3.8, 4) is 5.75 Å². The third kappa shape index (κ3) is 2.86. The van der Waals surface area contributed by atoms with E-state index < -0.39 is 0 Å². The molecule has 0 unspecified atom stereocenters. The number of furan rings is 1. The van der Waals surface area contributed by atoms with Crippen LogP contribution in [0.3, 0.4) is 0 Å². The van der Waals surface area contributed by atoms with Crippen molar-refractivity contribution in [2.75, 3.05) is 0 Å². The largest absolute Gasteiger partial charge is 0.489 e. The number of benzene rings is 1. The molecule has 4 heteroatoms. The molecule has 2 aromatic rings. The van der Waals surface area contributed by atoms with Crippen molar-refractivity contribution in [2.24, 2.45) is 5.73 Å². The highest BCUT2D eigenvalue weighted by molar-refractivity contribution is 6.31. The van der Waals surface area contributed by atoms with Crippen LogP contribution in [0.25, 0.3) is 0 Å². The summed E-state index contributed by atoms with van der Waals surface area (Å²) in [6.07, 6.45) is 2.51. The second kappa shape index (κ2) is 5.94. The molecule has 0 atom stereocenters. The molecular formula is C14H16ClNO2. The quantitative estimate of drug-likeness (QED) is 0.900. The molecule has 2 N–H and O–H groups in total. The minimum Gasteiger partial charge on any atom is -0.489 e. The minimum absolute atomic E-state index is 0.381. The number of rotatable bonds is 5. The smallest absolute Gasteiger partial charge is 0.123 e. The lowest BCUT2D eigenvalue weighted by molar-refractivity contribution is 0.302. The standard InChI is InChI=1S/C14H16ClNO2/c1-2-10-7-12(3-4-13(10)15)18-9-11-5-6-17-14(11)8-16/h3-7H,2,8-9,16H2,1H3. The first-order chi connectivity index (χ1) is 8.74. The van der Waals surface area contributed by atoms with Crippen LogP contribution in [-0.2, 0) is 19.6 Å². The number of hydrogen-bond donors (Lipinski definition) is 1. The Morgan fingerprint density at radius 3 is 2.83 bits per heavy atom. The molecule has 1 heterocycles. The van der Waals surface area contributed by atoms with Crippen LogP contribution in [0.15, 0.2) is 34.9 Å². The highest BCUT2D eigenvalue weighted by atomic mass is 35.5. The summed E-state index contributed by atoms with van der Waals surface area (Å²) in [6.45, 7) is 2.90. The molecule has 0 spiro atoms. The molecule has 0 aliphatic carbocycles. The molecule has 0 saturated carbocycles. The molecule has 18 heavy (non-hydrogen) atoms. The lowest BCUT2D eigenvalue weighted by atomic mass is 10.1. The van der Waals surface area contributed by atoms with Gasteiger partial charge in [0.1, 0.15) is 18.1 Å². The van der Waals surface area contributed by atoms with Gasteiger partial charge in [-0.25, -0.2) is 0 Å². The number of hydrogen-bond acceptors (Lipinski definition) is 3. The van der Waals surface area contributed by atoms with Crippen molar-refractivity contribution < 1.29 is 9.15 Å². The van der Waals surface area contributed by atoms with Gasteiger partial charge >= 0.3 is 0 Å². The molecule has 0 radical (unpaired) electrons. The normalized spacial score (nSPS) is 10.6. The second-order valence-electron chi connectivity index (χ2n) is 3.97. The Hall–Kier alpha value is -1.45. The SMILES string of the molecule is CCc1cc(OCc2ccoc2CN)ccc1Cl. The number of halogens is 1. The average Bonchev–Trinajstić information content (AvgIpc) is 2.85. The zero-order valence-corrected chi connectivity index (χ0v) is 11.0. The van der Waals surface area contributed by atoms with Gasteiger partial charge in [0.25, 0.3) is 0 Å². The monoisotopic (exact) mass is 265 g/mol. The number of nitrogens with two attached hydrogens (primary N) is 1. The van der Waals surface area contributed by atoms with Crippen molar-refractivity contribution >= 4 is 11.6 Å². The molecule has 0 amide bonds. The Bertz CT molecular complexity index is 522. The van der Waals surface area contributed by atoms with E-state index >= 15 is 0 Å². The Balaban J connectivity index is 2.06. The van der Waals surface area contributed by atoms with E-state index in [2.05, 4.69) is 6.92 Å². The van der Waals surface area contributed by atoms with Gasteiger partial charge in [-0.2, -0.15) is 0 Å². The second-order valence-corrected chi connectivity index (χ2v) is 4.38. The summed E-state index contributed by atoms with van der Waals surface area (Å²) in [5, 5.41) is 0.774. The van der Waals surface area contributed by atoms with Crippen molar-refractivity contribution in [3.63, 3.8) is 0 Å². The lowest BCUT2D eigenvalue weighted by Crippen LogP contribution is -2.02. The molecule has 3 nitrogen and oxygen atoms in total. The zero-order valence-electron chi connectivity index (χ0n) is 10.3. The molecule has 0 aliphatic rings. The lowest BCUT2D eigenvalue weighted by Gasteiger charge is -2.08. The summed E-state index contributed by atoms with van der Waals surface area (Å²) in [6, 6.07) is 7.56. The van der Waals surface area contributed by atoms with Gasteiger partial charge in [-0.3, -0.25) is 0 Å². The number of ether oxygens (including phenoxy) is 1. The van der Waals surface area contributed by atoms with Gasteiger partial charge in [-0.05, 0) is 36.2 Å². The maximum atomic E-state index is 6.06. The molecule has 0 aliphatic heterocycles. The maximum absolute atomic E-state index is 6.06. The van der Waals surface area contributed by atoms with Crippen LogP contribution in [-0.4, -0.2) is 0 Å². The summed E-state index contributed by atoms with van der Waals surface area (Å²) in [7, 11) is 0. The van der Waals surface area contributed by atoms with E-state index in [0.717, 1.165) is 34.1 Å². The molecular weight excluding hydrogens is 250 g/mol. The molecule has 2 rings (SSSR count). The van der Waals surface area contributed by atoms with Gasteiger partial charge in [-0.1, -0.05) is 18.5 Å². The fraction of sp³-hybridized carbons (Fsp3) is 0.286. The first-order valence-corrected chi connectivity index (χ1v) is 6.29. The van der Waals surface area contributed by atoms with Gasteiger partial charge in [0.2, 0.25) is 0 Å². The fourth-order valence-electron chi connectivity index (χ4n) is 1.75. The third-order valence-corrected chi connectivity index (χ3v) is 3.18. The van der Waals surface area contributed by atoms with Gasteiger partial charge in [0.15, 0.2) is 0 Å². The van der Waals surface area contributed by atoms with Crippen molar-refractivity contribution in [3.05, 3.63) is 52.4 Å². The van der Waals surface area contributed by atoms with E-state index in [4.69, 9.17) is 26.5 Å². The highest BCUT2D eigenvalue weighted by Gasteiger charge is 2.06. The van der Waals surface area contributed by atoms with Gasteiger partial charge in [-0.15, -0.1) is 0 Å². The molecule has 1 aromatic heterocycles. The van der Waals surface area contributed by atoms with Crippen LogP contribution in [0.4, 0.5) is 0 Å². The van der Waals surface area contributed by atoms with Crippen LogP contribution < -0.4 is 10.5 Å². The van der Waals surface area contributed by atoms with E-state index in [0.29, 0.717) is 13.2 Å². The first kappa shape index (κ1) is 13.0. The zero-order chi connectivity index (χ0) is 13.0. The number of aryl methyl sites for hydroxylation is 1. The fourth-order valence-corrected chi connectivity index (χ4v) is 2.00. The summed E-state index contributed by atoms with van der Waals surface area (Å²) in [5.74, 6) is 1.57. The highest BCUT2D eigenvalue weighted by Crippen LogP contribution is 2.23. The molecule has 1 aromatic carbocycles. The molecule has 96 valence electrons. The first-order valence-electron chi connectivity index (χ1n) is 5.91. The van der Waals surface area contributed by atoms with Crippen LogP contribution in [0, 0.1) is 0 Å². The van der Waals surface area contributed by atoms with Crippen molar-refractivity contribution in [1.82, 2.24) is 0 Å².